The second kappa shape index (κ2) is 8.15. The standard InChI is InChI=1S/C23H29N2/c1-4-21(23-8-6-5-7-9-23)16-19(2)22-12-10-20(11-13-22)17-25-15-14-24(3)18-25/h5-15,18-19,21H,4,16-17H2,1-3H3/q+1. The monoisotopic (exact) mass is 333 g/mol. The Morgan fingerprint density at radius 2 is 1.68 bits per heavy atom. The highest BCUT2D eigenvalue weighted by atomic mass is 15.1. The molecule has 0 aliphatic carbocycles. The second-order valence-electron chi connectivity index (χ2n) is 7.15. The smallest absolute Gasteiger partial charge is 0.240 e. The van der Waals surface area contributed by atoms with Crippen LogP contribution in [0.25, 0.3) is 0 Å². The van der Waals surface area contributed by atoms with E-state index in [9.17, 15) is 0 Å². The third-order valence-corrected chi connectivity index (χ3v) is 5.14. The van der Waals surface area contributed by atoms with Gasteiger partial charge in [0.2, 0.25) is 6.33 Å². The topological polar surface area (TPSA) is 8.81 Å². The lowest BCUT2D eigenvalue weighted by molar-refractivity contribution is -0.671. The van der Waals surface area contributed by atoms with Crippen LogP contribution in [0.3, 0.4) is 0 Å². The summed E-state index contributed by atoms with van der Waals surface area (Å²) in [6.07, 6.45) is 8.69. The number of aromatic nitrogens is 2. The molecular weight excluding hydrogens is 304 g/mol. The Morgan fingerprint density at radius 3 is 2.28 bits per heavy atom. The molecule has 25 heavy (non-hydrogen) atoms. The highest BCUT2D eigenvalue weighted by Gasteiger charge is 2.15. The van der Waals surface area contributed by atoms with Crippen molar-refractivity contribution in [3.05, 3.63) is 90.0 Å². The van der Waals surface area contributed by atoms with Crippen LogP contribution in [-0.4, -0.2) is 4.57 Å². The van der Waals surface area contributed by atoms with E-state index < -0.39 is 0 Å². The zero-order valence-corrected chi connectivity index (χ0v) is 15.6. The molecular formula is C23H29N2+. The molecule has 2 atom stereocenters. The molecule has 0 aliphatic rings. The summed E-state index contributed by atoms with van der Waals surface area (Å²) in [5, 5.41) is 0. The molecule has 0 bridgehead atoms. The van der Waals surface area contributed by atoms with Crippen LogP contribution in [-0.2, 0) is 13.6 Å². The van der Waals surface area contributed by atoms with Crippen molar-refractivity contribution in [2.45, 2.75) is 45.1 Å². The fourth-order valence-electron chi connectivity index (χ4n) is 3.58. The molecule has 3 aromatic rings. The van der Waals surface area contributed by atoms with Crippen LogP contribution >= 0.6 is 0 Å². The first-order valence-corrected chi connectivity index (χ1v) is 9.30. The molecule has 0 amide bonds. The molecule has 0 radical (unpaired) electrons. The highest BCUT2D eigenvalue weighted by molar-refractivity contribution is 5.27. The van der Waals surface area contributed by atoms with Gasteiger partial charge in [-0.15, -0.1) is 0 Å². The third-order valence-electron chi connectivity index (χ3n) is 5.14. The zero-order chi connectivity index (χ0) is 17.6. The zero-order valence-electron chi connectivity index (χ0n) is 15.6. The van der Waals surface area contributed by atoms with Gasteiger partial charge in [-0.3, -0.25) is 0 Å². The Morgan fingerprint density at radius 1 is 0.960 bits per heavy atom. The van der Waals surface area contributed by atoms with Crippen molar-refractivity contribution in [2.24, 2.45) is 7.05 Å². The predicted molar refractivity (Wildman–Crippen MR) is 104 cm³/mol. The molecule has 3 rings (SSSR count). The fourth-order valence-corrected chi connectivity index (χ4v) is 3.58. The molecule has 0 aliphatic heterocycles. The molecule has 2 nitrogen and oxygen atoms in total. The number of hydrogen-bond acceptors (Lipinski definition) is 0. The first-order chi connectivity index (χ1) is 12.2. The Hall–Kier alpha value is -2.35. The van der Waals surface area contributed by atoms with Gasteiger partial charge in [-0.05, 0) is 41.4 Å². The maximum absolute atomic E-state index is 2.35. The van der Waals surface area contributed by atoms with Crippen molar-refractivity contribution in [3.63, 3.8) is 0 Å². The van der Waals surface area contributed by atoms with Crippen LogP contribution in [0.2, 0.25) is 0 Å². The minimum absolute atomic E-state index is 0.573. The van der Waals surface area contributed by atoms with E-state index in [-0.39, 0.29) is 0 Å². The molecule has 1 heterocycles. The van der Waals surface area contributed by atoms with E-state index in [4.69, 9.17) is 0 Å². The van der Waals surface area contributed by atoms with Gasteiger partial charge in [0.05, 0.1) is 7.05 Å². The van der Waals surface area contributed by atoms with E-state index in [0.29, 0.717) is 11.8 Å². The van der Waals surface area contributed by atoms with Gasteiger partial charge < -0.3 is 0 Å². The van der Waals surface area contributed by atoms with Crippen molar-refractivity contribution in [2.75, 3.05) is 0 Å². The summed E-state index contributed by atoms with van der Waals surface area (Å²) in [7, 11) is 2.05. The van der Waals surface area contributed by atoms with E-state index >= 15 is 0 Å². The van der Waals surface area contributed by atoms with Crippen LogP contribution in [0.15, 0.2) is 73.3 Å². The molecule has 0 fully saturated rings. The van der Waals surface area contributed by atoms with Gasteiger partial charge in [-0.2, -0.15) is 0 Å². The number of aryl methyl sites for hydroxylation is 1. The van der Waals surface area contributed by atoms with Gasteiger partial charge in [-0.1, -0.05) is 68.4 Å². The quantitative estimate of drug-likeness (QED) is 0.535. The van der Waals surface area contributed by atoms with Gasteiger partial charge in [0.1, 0.15) is 18.9 Å². The lowest BCUT2D eigenvalue weighted by atomic mass is 9.84. The highest BCUT2D eigenvalue weighted by Crippen LogP contribution is 2.31. The molecule has 0 saturated heterocycles. The van der Waals surface area contributed by atoms with Crippen molar-refractivity contribution < 1.29 is 4.57 Å². The molecule has 2 heteroatoms. The summed E-state index contributed by atoms with van der Waals surface area (Å²) >= 11 is 0. The summed E-state index contributed by atoms with van der Waals surface area (Å²) in [4.78, 5) is 0. The molecule has 0 spiro atoms. The average molecular weight is 333 g/mol. The predicted octanol–water partition coefficient (Wildman–Crippen LogP) is 5.05. The van der Waals surface area contributed by atoms with Gasteiger partial charge in [0.25, 0.3) is 0 Å². The van der Waals surface area contributed by atoms with Gasteiger partial charge >= 0.3 is 0 Å². The summed E-state index contributed by atoms with van der Waals surface area (Å²) < 4.78 is 4.28. The minimum Gasteiger partial charge on any atom is -0.240 e. The Labute approximate surface area is 151 Å². The normalized spacial score (nSPS) is 13.6. The summed E-state index contributed by atoms with van der Waals surface area (Å²) in [5.74, 6) is 1.21. The van der Waals surface area contributed by atoms with Crippen LogP contribution in [0.4, 0.5) is 0 Å². The number of hydrogen-bond donors (Lipinski definition) is 0. The van der Waals surface area contributed by atoms with Crippen LogP contribution in [0, 0.1) is 0 Å². The number of imidazole rings is 1. The summed E-state index contributed by atoms with van der Waals surface area (Å²) in [6, 6.07) is 20.1. The second-order valence-corrected chi connectivity index (χ2v) is 7.15. The van der Waals surface area contributed by atoms with E-state index in [1.807, 2.05) is 0 Å². The fraction of sp³-hybridized carbons (Fsp3) is 0.348. The largest absolute Gasteiger partial charge is 0.243 e. The van der Waals surface area contributed by atoms with Crippen molar-refractivity contribution in [1.29, 1.82) is 0 Å². The van der Waals surface area contributed by atoms with E-state index in [1.54, 1.807) is 0 Å². The average Bonchev–Trinajstić information content (AvgIpc) is 3.05. The first kappa shape index (κ1) is 17.5. The SMILES string of the molecule is CCC(CC(C)c1ccc(Cn2cc[n+](C)c2)cc1)c1ccccc1. The molecule has 2 unspecified atom stereocenters. The molecule has 0 N–H and O–H groups in total. The first-order valence-electron chi connectivity index (χ1n) is 9.30. The lowest BCUT2D eigenvalue weighted by Gasteiger charge is -2.20. The van der Waals surface area contributed by atoms with E-state index in [0.717, 1.165) is 6.54 Å². The molecule has 0 saturated carbocycles. The number of rotatable bonds is 7. The molecule has 2 aromatic carbocycles. The van der Waals surface area contributed by atoms with E-state index in [2.05, 4.69) is 103 Å². The van der Waals surface area contributed by atoms with Crippen LogP contribution < -0.4 is 4.57 Å². The van der Waals surface area contributed by atoms with Crippen LogP contribution in [0.1, 0.15) is 55.2 Å². The van der Waals surface area contributed by atoms with Gasteiger partial charge in [0, 0.05) is 0 Å². The summed E-state index contributed by atoms with van der Waals surface area (Å²) in [5.41, 5.74) is 4.26. The maximum atomic E-state index is 2.35. The Bertz CT molecular complexity index is 771. The lowest BCUT2D eigenvalue weighted by Crippen LogP contribution is -2.23. The van der Waals surface area contributed by atoms with Crippen molar-refractivity contribution >= 4 is 0 Å². The third kappa shape index (κ3) is 4.60. The van der Waals surface area contributed by atoms with Gasteiger partial charge in [-0.25, -0.2) is 9.13 Å². The Balaban J connectivity index is 1.64. The maximum Gasteiger partial charge on any atom is 0.243 e. The molecule has 130 valence electrons. The Kier molecular flexibility index (Phi) is 5.70. The summed E-state index contributed by atoms with van der Waals surface area (Å²) in [6.45, 7) is 5.58. The molecule has 1 aromatic heterocycles. The number of nitrogens with zero attached hydrogens (tertiary/aromatic N) is 2. The number of benzene rings is 2. The minimum atomic E-state index is 0.573. The van der Waals surface area contributed by atoms with Gasteiger partial charge in [0.15, 0.2) is 0 Å². The van der Waals surface area contributed by atoms with Crippen molar-refractivity contribution in [3.8, 4) is 0 Å². The van der Waals surface area contributed by atoms with E-state index in [1.165, 1.54) is 29.5 Å². The van der Waals surface area contributed by atoms with Crippen LogP contribution in [0.5, 0.6) is 0 Å². The van der Waals surface area contributed by atoms with Crippen molar-refractivity contribution in [1.82, 2.24) is 4.57 Å².